The summed E-state index contributed by atoms with van der Waals surface area (Å²) in [5.74, 6) is 2.24. The van der Waals surface area contributed by atoms with Crippen LogP contribution in [0.5, 0.6) is 17.2 Å². The van der Waals surface area contributed by atoms with Crippen molar-refractivity contribution in [3.05, 3.63) is 94.9 Å². The lowest BCUT2D eigenvalue weighted by Crippen LogP contribution is -1.99. The van der Waals surface area contributed by atoms with Gasteiger partial charge >= 0.3 is 0 Å². The van der Waals surface area contributed by atoms with E-state index >= 15 is 0 Å². The Hall–Kier alpha value is -3.99. The summed E-state index contributed by atoms with van der Waals surface area (Å²) >= 11 is 0. The molecule has 0 amide bonds. The van der Waals surface area contributed by atoms with Crippen LogP contribution in [-0.2, 0) is 13.7 Å². The van der Waals surface area contributed by atoms with Gasteiger partial charge in [0.15, 0.2) is 5.76 Å². The van der Waals surface area contributed by atoms with Crippen molar-refractivity contribution in [2.24, 2.45) is 7.05 Å². The summed E-state index contributed by atoms with van der Waals surface area (Å²) in [5.41, 5.74) is 4.42. The lowest BCUT2D eigenvalue weighted by Gasteiger charge is -2.12. The van der Waals surface area contributed by atoms with E-state index in [2.05, 4.69) is 6.07 Å². The predicted molar refractivity (Wildman–Crippen MR) is 124 cm³/mol. The van der Waals surface area contributed by atoms with E-state index in [0.29, 0.717) is 29.4 Å². The highest BCUT2D eigenvalue weighted by Crippen LogP contribution is 2.40. The fourth-order valence-electron chi connectivity index (χ4n) is 4.08. The molecule has 0 unspecified atom stereocenters. The summed E-state index contributed by atoms with van der Waals surface area (Å²) < 4.78 is 19.4. The van der Waals surface area contributed by atoms with E-state index < -0.39 is 0 Å². The van der Waals surface area contributed by atoms with Crippen LogP contribution in [-0.4, -0.2) is 17.5 Å². The highest BCUT2D eigenvalue weighted by Gasteiger charge is 2.30. The third-order valence-corrected chi connectivity index (χ3v) is 5.78. The molecule has 0 spiro atoms. The predicted octanol–water partition coefficient (Wildman–Crippen LogP) is 5.69. The molecular weight excluding hydrogens is 402 g/mol. The van der Waals surface area contributed by atoms with Gasteiger partial charge in [-0.1, -0.05) is 30.3 Å². The first-order valence-corrected chi connectivity index (χ1v) is 10.4. The number of Topliss-reactive ketones (excluding diaryl/α,β-unsaturated/α-hetero) is 1. The second-order valence-electron chi connectivity index (χ2n) is 7.86. The number of carbonyl (C=O) groups is 1. The number of rotatable bonds is 5. The Kier molecular flexibility index (Phi) is 4.94. The number of ketones is 1. The first kappa shape index (κ1) is 19.9. The molecule has 5 heteroatoms. The molecule has 0 aliphatic carbocycles. The van der Waals surface area contributed by atoms with Crippen LogP contribution >= 0.6 is 0 Å². The lowest BCUT2D eigenvalue weighted by atomic mass is 10.1. The molecule has 5 rings (SSSR count). The van der Waals surface area contributed by atoms with E-state index in [4.69, 9.17) is 14.2 Å². The average Bonchev–Trinajstić information content (AvgIpc) is 3.31. The topological polar surface area (TPSA) is 49.7 Å². The molecule has 0 bridgehead atoms. The van der Waals surface area contributed by atoms with Crippen molar-refractivity contribution in [1.82, 2.24) is 4.57 Å². The number of methoxy groups -OCH3 is 1. The Morgan fingerprint density at radius 1 is 1.06 bits per heavy atom. The molecule has 1 aromatic heterocycles. The summed E-state index contributed by atoms with van der Waals surface area (Å²) in [5, 5.41) is 1.08. The number of aromatic nitrogens is 1. The van der Waals surface area contributed by atoms with E-state index in [9.17, 15) is 4.79 Å². The van der Waals surface area contributed by atoms with Crippen molar-refractivity contribution in [3.63, 3.8) is 0 Å². The monoisotopic (exact) mass is 425 g/mol. The molecule has 1 aliphatic rings. The van der Waals surface area contributed by atoms with Gasteiger partial charge in [0, 0.05) is 35.3 Å². The summed E-state index contributed by atoms with van der Waals surface area (Å²) in [7, 11) is 3.63. The minimum atomic E-state index is -0.115. The molecule has 5 nitrogen and oxygen atoms in total. The van der Waals surface area contributed by atoms with E-state index in [1.807, 2.05) is 79.3 Å². The lowest BCUT2D eigenvalue weighted by molar-refractivity contribution is 0.101. The van der Waals surface area contributed by atoms with E-state index in [0.717, 1.165) is 33.3 Å². The maximum atomic E-state index is 13.0. The number of carbonyl (C=O) groups excluding carboxylic acids is 1. The van der Waals surface area contributed by atoms with Crippen LogP contribution in [0.1, 0.15) is 27.0 Å². The normalized spacial score (nSPS) is 14.0. The van der Waals surface area contributed by atoms with Crippen molar-refractivity contribution >= 4 is 22.8 Å². The van der Waals surface area contributed by atoms with Crippen molar-refractivity contribution in [2.45, 2.75) is 13.5 Å². The fourth-order valence-corrected chi connectivity index (χ4v) is 4.08. The number of para-hydroxylation sites is 1. The zero-order valence-corrected chi connectivity index (χ0v) is 18.2. The van der Waals surface area contributed by atoms with Gasteiger partial charge in [-0.3, -0.25) is 4.79 Å². The van der Waals surface area contributed by atoms with Crippen LogP contribution in [0, 0.1) is 6.92 Å². The van der Waals surface area contributed by atoms with Crippen molar-refractivity contribution in [2.75, 3.05) is 7.11 Å². The Bertz CT molecular complexity index is 1380. The standard InChI is InChI=1S/C27H23NO4/c1-17-24(31-16-18-7-6-8-20(13-18)30-3)12-11-22-26(29)25(32-27(17)22)14-19-15-28(2)23-10-5-4-9-21(19)23/h4-15H,16H2,1-3H3. The molecule has 1 aliphatic heterocycles. The van der Waals surface area contributed by atoms with Gasteiger partial charge in [-0.15, -0.1) is 0 Å². The number of allylic oxidation sites excluding steroid dienone is 1. The fraction of sp³-hybridized carbons (Fsp3) is 0.148. The van der Waals surface area contributed by atoms with E-state index in [-0.39, 0.29) is 5.78 Å². The first-order chi connectivity index (χ1) is 15.5. The molecule has 160 valence electrons. The molecule has 2 heterocycles. The SMILES string of the molecule is COc1cccc(COc2ccc3c(c2C)OC(=Cc2cn(C)c4ccccc24)C3=O)c1. The summed E-state index contributed by atoms with van der Waals surface area (Å²) in [6, 6.07) is 19.4. The zero-order valence-electron chi connectivity index (χ0n) is 18.2. The highest BCUT2D eigenvalue weighted by atomic mass is 16.5. The Labute approximate surface area is 186 Å². The highest BCUT2D eigenvalue weighted by molar-refractivity contribution is 6.15. The third kappa shape index (κ3) is 3.42. The van der Waals surface area contributed by atoms with Crippen LogP contribution in [0.15, 0.2) is 72.6 Å². The van der Waals surface area contributed by atoms with E-state index in [1.165, 1.54) is 0 Å². The van der Waals surface area contributed by atoms with Crippen LogP contribution in [0.4, 0.5) is 0 Å². The molecule has 0 fully saturated rings. The Morgan fingerprint density at radius 2 is 1.91 bits per heavy atom. The Balaban J connectivity index is 1.42. The molecule has 32 heavy (non-hydrogen) atoms. The number of aryl methyl sites for hydroxylation is 1. The van der Waals surface area contributed by atoms with Gasteiger partial charge in [-0.2, -0.15) is 0 Å². The minimum absolute atomic E-state index is 0.115. The molecule has 0 saturated carbocycles. The van der Waals surface area contributed by atoms with Crippen LogP contribution in [0.25, 0.3) is 17.0 Å². The summed E-state index contributed by atoms with van der Waals surface area (Å²) in [6.45, 7) is 2.30. The second-order valence-corrected chi connectivity index (χ2v) is 7.86. The maximum absolute atomic E-state index is 13.0. The zero-order chi connectivity index (χ0) is 22.2. The molecule has 4 aromatic rings. The van der Waals surface area contributed by atoms with E-state index in [1.54, 1.807) is 13.2 Å². The Morgan fingerprint density at radius 3 is 2.75 bits per heavy atom. The summed E-state index contributed by atoms with van der Waals surface area (Å²) in [6.07, 6.45) is 3.83. The molecule has 3 aromatic carbocycles. The van der Waals surface area contributed by atoms with Gasteiger partial charge in [-0.05, 0) is 48.9 Å². The van der Waals surface area contributed by atoms with Gasteiger partial charge in [0.25, 0.3) is 0 Å². The van der Waals surface area contributed by atoms with Crippen molar-refractivity contribution < 1.29 is 19.0 Å². The summed E-state index contributed by atoms with van der Waals surface area (Å²) in [4.78, 5) is 13.0. The quantitative estimate of drug-likeness (QED) is 0.386. The molecule has 0 N–H and O–H groups in total. The molecule has 0 radical (unpaired) electrons. The number of hydrogen-bond donors (Lipinski definition) is 0. The smallest absolute Gasteiger partial charge is 0.231 e. The number of fused-ring (bicyclic) bond motifs is 2. The van der Waals surface area contributed by atoms with Crippen LogP contribution < -0.4 is 14.2 Å². The minimum Gasteiger partial charge on any atom is -0.497 e. The van der Waals surface area contributed by atoms with Gasteiger partial charge in [-0.25, -0.2) is 0 Å². The molecule has 0 saturated heterocycles. The maximum Gasteiger partial charge on any atom is 0.231 e. The van der Waals surface area contributed by atoms with Crippen molar-refractivity contribution in [1.29, 1.82) is 0 Å². The second kappa shape index (κ2) is 7.93. The molecule has 0 atom stereocenters. The number of benzene rings is 3. The third-order valence-electron chi connectivity index (χ3n) is 5.78. The van der Waals surface area contributed by atoms with Crippen LogP contribution in [0.2, 0.25) is 0 Å². The van der Waals surface area contributed by atoms with Gasteiger partial charge in [0.1, 0.15) is 23.9 Å². The number of hydrogen-bond acceptors (Lipinski definition) is 4. The van der Waals surface area contributed by atoms with Gasteiger partial charge in [0.05, 0.1) is 12.7 Å². The number of ether oxygens (including phenoxy) is 3. The van der Waals surface area contributed by atoms with Crippen LogP contribution in [0.3, 0.4) is 0 Å². The number of nitrogens with zero attached hydrogens (tertiary/aromatic N) is 1. The van der Waals surface area contributed by atoms with Gasteiger partial charge in [0.2, 0.25) is 5.78 Å². The van der Waals surface area contributed by atoms with Crippen molar-refractivity contribution in [3.8, 4) is 17.2 Å². The van der Waals surface area contributed by atoms with Gasteiger partial charge < -0.3 is 18.8 Å². The first-order valence-electron chi connectivity index (χ1n) is 10.4. The largest absolute Gasteiger partial charge is 0.497 e. The average molecular weight is 425 g/mol. The molecular formula is C27H23NO4.